The van der Waals surface area contributed by atoms with Crippen molar-refractivity contribution in [3.63, 3.8) is 0 Å². The molecule has 2 heterocycles. The van der Waals surface area contributed by atoms with Crippen molar-refractivity contribution in [1.82, 2.24) is 4.98 Å². The van der Waals surface area contributed by atoms with Gasteiger partial charge in [-0.1, -0.05) is 6.07 Å². The Morgan fingerprint density at radius 1 is 1.25 bits per heavy atom. The van der Waals surface area contributed by atoms with Crippen molar-refractivity contribution < 1.29 is 18.3 Å². The third-order valence-electron chi connectivity index (χ3n) is 3.55. The van der Waals surface area contributed by atoms with Gasteiger partial charge in [-0.15, -0.1) is 0 Å². The number of rotatable bonds is 1. The predicted octanol–water partition coefficient (Wildman–Crippen LogP) is 2.82. The molecule has 106 valence electrons. The molecule has 3 rings (SSSR count). The van der Waals surface area contributed by atoms with E-state index in [0.717, 1.165) is 17.8 Å². The molecule has 0 radical (unpaired) electrons. The molecule has 1 atom stereocenters. The Morgan fingerprint density at radius 3 is 2.70 bits per heavy atom. The summed E-state index contributed by atoms with van der Waals surface area (Å²) < 4.78 is 38.1. The lowest BCUT2D eigenvalue weighted by molar-refractivity contribution is -0.137. The summed E-state index contributed by atoms with van der Waals surface area (Å²) in [4.78, 5) is 5.99. The first-order valence-corrected chi connectivity index (χ1v) is 6.34. The van der Waals surface area contributed by atoms with Crippen LogP contribution in [0.2, 0.25) is 0 Å². The molecule has 0 amide bonds. The largest absolute Gasteiger partial charge is 0.416 e. The number of aliphatic hydroxyl groups excluding tert-OH is 1. The zero-order valence-corrected chi connectivity index (χ0v) is 10.6. The van der Waals surface area contributed by atoms with Gasteiger partial charge in [-0.2, -0.15) is 13.2 Å². The number of aliphatic hydroxyl groups is 1. The standard InChI is InChI=1S/C14H13F3N2O/c15-14(16,17)9-1-2-11-12(7-9)18-5-3-13(11)19-6-4-10(20)8-19/h1-3,5,7,10,20H,4,6,8H2/t10-/m1/s1. The highest BCUT2D eigenvalue weighted by Gasteiger charge is 2.31. The highest BCUT2D eigenvalue weighted by atomic mass is 19.4. The van der Waals surface area contributed by atoms with E-state index < -0.39 is 11.7 Å². The van der Waals surface area contributed by atoms with Crippen molar-refractivity contribution in [1.29, 1.82) is 0 Å². The van der Waals surface area contributed by atoms with E-state index in [9.17, 15) is 18.3 Å². The highest BCUT2D eigenvalue weighted by molar-refractivity contribution is 5.92. The summed E-state index contributed by atoms with van der Waals surface area (Å²) in [7, 11) is 0. The highest BCUT2D eigenvalue weighted by Crippen LogP contribution is 2.34. The van der Waals surface area contributed by atoms with Crippen LogP contribution in [0.4, 0.5) is 18.9 Å². The molecule has 1 saturated heterocycles. The monoisotopic (exact) mass is 282 g/mol. The van der Waals surface area contributed by atoms with Gasteiger partial charge in [-0.3, -0.25) is 4.98 Å². The Morgan fingerprint density at radius 2 is 2.05 bits per heavy atom. The van der Waals surface area contributed by atoms with Crippen LogP contribution >= 0.6 is 0 Å². The molecule has 1 aromatic heterocycles. The maximum Gasteiger partial charge on any atom is 0.416 e. The Kier molecular flexibility index (Phi) is 3.05. The van der Waals surface area contributed by atoms with Crippen molar-refractivity contribution in [3.05, 3.63) is 36.0 Å². The number of benzene rings is 1. The second-order valence-electron chi connectivity index (χ2n) is 4.95. The zero-order valence-electron chi connectivity index (χ0n) is 10.6. The number of nitrogens with zero attached hydrogens (tertiary/aromatic N) is 2. The fraction of sp³-hybridized carbons (Fsp3) is 0.357. The second-order valence-corrected chi connectivity index (χ2v) is 4.95. The topological polar surface area (TPSA) is 36.4 Å². The molecule has 0 saturated carbocycles. The Bertz CT molecular complexity index is 642. The third-order valence-corrected chi connectivity index (χ3v) is 3.55. The molecule has 0 bridgehead atoms. The fourth-order valence-corrected chi connectivity index (χ4v) is 2.55. The lowest BCUT2D eigenvalue weighted by Gasteiger charge is -2.20. The number of halogens is 3. The van der Waals surface area contributed by atoms with Crippen LogP contribution in [0.3, 0.4) is 0 Å². The third kappa shape index (κ3) is 2.31. The van der Waals surface area contributed by atoms with Crippen LogP contribution in [0.5, 0.6) is 0 Å². The van der Waals surface area contributed by atoms with Crippen LogP contribution in [0.15, 0.2) is 30.5 Å². The molecule has 20 heavy (non-hydrogen) atoms. The first-order valence-electron chi connectivity index (χ1n) is 6.34. The van der Waals surface area contributed by atoms with E-state index in [2.05, 4.69) is 4.98 Å². The van der Waals surface area contributed by atoms with Gasteiger partial charge >= 0.3 is 6.18 Å². The van der Waals surface area contributed by atoms with Crippen LogP contribution in [-0.4, -0.2) is 29.3 Å². The van der Waals surface area contributed by atoms with Gasteiger partial charge in [0.25, 0.3) is 0 Å². The average molecular weight is 282 g/mol. The van der Waals surface area contributed by atoms with E-state index in [4.69, 9.17) is 0 Å². The van der Waals surface area contributed by atoms with Crippen molar-refractivity contribution in [2.24, 2.45) is 0 Å². The van der Waals surface area contributed by atoms with Crippen molar-refractivity contribution in [2.45, 2.75) is 18.7 Å². The molecular formula is C14H13F3N2O. The number of β-amino-alcohol motifs (C(OH)–C–C–N with tert-alkyl or cyclic N) is 1. The van der Waals surface area contributed by atoms with Gasteiger partial charge in [0.1, 0.15) is 0 Å². The van der Waals surface area contributed by atoms with E-state index in [-0.39, 0.29) is 6.10 Å². The summed E-state index contributed by atoms with van der Waals surface area (Å²) in [6.07, 6.45) is -2.57. The Balaban J connectivity index is 2.07. The van der Waals surface area contributed by atoms with Gasteiger partial charge in [-0.05, 0) is 24.6 Å². The van der Waals surface area contributed by atoms with Crippen LogP contribution in [0, 0.1) is 0 Å². The molecule has 1 aliphatic heterocycles. The summed E-state index contributed by atoms with van der Waals surface area (Å²) in [6, 6.07) is 5.35. The van der Waals surface area contributed by atoms with E-state index >= 15 is 0 Å². The molecule has 1 N–H and O–H groups in total. The molecule has 3 nitrogen and oxygen atoms in total. The number of alkyl halides is 3. The minimum absolute atomic E-state index is 0.318. The van der Waals surface area contributed by atoms with Crippen LogP contribution in [-0.2, 0) is 6.18 Å². The van der Waals surface area contributed by atoms with Crippen LogP contribution in [0.1, 0.15) is 12.0 Å². The molecule has 0 spiro atoms. The second kappa shape index (κ2) is 4.63. The summed E-state index contributed by atoms with van der Waals surface area (Å²) in [6.45, 7) is 1.20. The molecule has 0 unspecified atom stereocenters. The lowest BCUT2D eigenvalue weighted by atomic mass is 10.1. The number of pyridine rings is 1. The molecule has 2 aromatic rings. The number of fused-ring (bicyclic) bond motifs is 1. The van der Waals surface area contributed by atoms with Crippen molar-refractivity contribution >= 4 is 16.6 Å². The van der Waals surface area contributed by atoms with Gasteiger partial charge < -0.3 is 10.0 Å². The summed E-state index contributed by atoms with van der Waals surface area (Å²) in [5.74, 6) is 0. The predicted molar refractivity (Wildman–Crippen MR) is 69.6 cm³/mol. The van der Waals surface area contributed by atoms with E-state index in [1.54, 1.807) is 6.07 Å². The van der Waals surface area contributed by atoms with E-state index in [0.29, 0.717) is 30.4 Å². The van der Waals surface area contributed by atoms with E-state index in [1.165, 1.54) is 12.3 Å². The fourth-order valence-electron chi connectivity index (χ4n) is 2.55. The number of anilines is 1. The van der Waals surface area contributed by atoms with Gasteiger partial charge in [0.2, 0.25) is 0 Å². The maximum absolute atomic E-state index is 12.7. The molecule has 1 fully saturated rings. The van der Waals surface area contributed by atoms with Crippen molar-refractivity contribution in [2.75, 3.05) is 18.0 Å². The van der Waals surface area contributed by atoms with Crippen LogP contribution in [0.25, 0.3) is 10.9 Å². The molecule has 1 aromatic carbocycles. The molecule has 0 aliphatic carbocycles. The summed E-state index contributed by atoms with van der Waals surface area (Å²) in [5.41, 5.74) is 0.440. The molecular weight excluding hydrogens is 269 g/mol. The van der Waals surface area contributed by atoms with Crippen molar-refractivity contribution in [3.8, 4) is 0 Å². The first-order chi connectivity index (χ1) is 9.45. The zero-order chi connectivity index (χ0) is 14.3. The van der Waals surface area contributed by atoms with Gasteiger partial charge in [-0.25, -0.2) is 0 Å². The minimum atomic E-state index is -4.37. The molecule has 1 aliphatic rings. The Labute approximate surface area is 113 Å². The Hall–Kier alpha value is -1.82. The smallest absolute Gasteiger partial charge is 0.391 e. The number of hydrogen-bond donors (Lipinski definition) is 1. The van der Waals surface area contributed by atoms with Crippen LogP contribution < -0.4 is 4.90 Å². The summed E-state index contributed by atoms with van der Waals surface area (Å²) >= 11 is 0. The lowest BCUT2D eigenvalue weighted by Crippen LogP contribution is -2.21. The van der Waals surface area contributed by atoms with Gasteiger partial charge in [0.05, 0.1) is 17.2 Å². The number of aromatic nitrogens is 1. The average Bonchev–Trinajstić information content (AvgIpc) is 2.83. The van der Waals surface area contributed by atoms with E-state index in [1.807, 2.05) is 4.90 Å². The molecule has 6 heteroatoms. The van der Waals surface area contributed by atoms with Gasteiger partial charge in [0.15, 0.2) is 0 Å². The summed E-state index contributed by atoms with van der Waals surface area (Å²) in [5, 5.41) is 10.3. The SMILES string of the molecule is O[C@@H]1CCN(c2ccnc3cc(C(F)(F)F)ccc23)C1. The number of hydrogen-bond acceptors (Lipinski definition) is 3. The minimum Gasteiger partial charge on any atom is -0.391 e. The van der Waals surface area contributed by atoms with Gasteiger partial charge in [0, 0.05) is 30.4 Å². The quantitative estimate of drug-likeness (QED) is 0.873. The maximum atomic E-state index is 12.7. The first kappa shape index (κ1) is 13.2. The normalized spacial score (nSPS) is 19.8.